The maximum atomic E-state index is 6.05. The average molecular weight is 389 g/mol. The molecule has 0 amide bonds. The van der Waals surface area contributed by atoms with Crippen molar-refractivity contribution in [2.45, 2.75) is 13.8 Å². The SMILES string of the molecule is CCOc1ccccc1Nc1nc(C)cc(Nc2cc(Cl)cc(Cl)c2)n1. The van der Waals surface area contributed by atoms with Crippen LogP contribution >= 0.6 is 23.2 Å². The summed E-state index contributed by atoms with van der Waals surface area (Å²) in [6, 6.07) is 14.7. The third-order valence-corrected chi connectivity index (χ3v) is 3.86. The molecule has 0 aliphatic heterocycles. The molecule has 134 valence electrons. The fourth-order valence-electron chi connectivity index (χ4n) is 2.43. The fraction of sp³-hybridized carbons (Fsp3) is 0.158. The fourth-order valence-corrected chi connectivity index (χ4v) is 2.96. The first-order valence-corrected chi connectivity index (χ1v) is 8.86. The highest BCUT2D eigenvalue weighted by Gasteiger charge is 2.08. The molecule has 0 atom stereocenters. The zero-order valence-electron chi connectivity index (χ0n) is 14.4. The molecule has 3 aromatic rings. The van der Waals surface area contributed by atoms with Crippen LogP contribution in [0.15, 0.2) is 48.5 Å². The quantitative estimate of drug-likeness (QED) is 0.543. The van der Waals surface area contributed by atoms with Crippen LogP contribution in [0.4, 0.5) is 23.1 Å². The first-order valence-electron chi connectivity index (χ1n) is 8.11. The Morgan fingerprint density at radius 2 is 1.69 bits per heavy atom. The van der Waals surface area contributed by atoms with Crippen molar-refractivity contribution in [1.82, 2.24) is 9.97 Å². The van der Waals surface area contributed by atoms with Crippen LogP contribution in [-0.2, 0) is 0 Å². The van der Waals surface area contributed by atoms with Crippen LogP contribution in [0.2, 0.25) is 10.0 Å². The van der Waals surface area contributed by atoms with Gasteiger partial charge in [-0.05, 0) is 44.2 Å². The van der Waals surface area contributed by atoms with E-state index in [0.717, 1.165) is 22.8 Å². The van der Waals surface area contributed by atoms with E-state index in [9.17, 15) is 0 Å². The number of hydrogen-bond acceptors (Lipinski definition) is 5. The van der Waals surface area contributed by atoms with Gasteiger partial charge >= 0.3 is 0 Å². The van der Waals surface area contributed by atoms with E-state index in [1.165, 1.54) is 0 Å². The summed E-state index contributed by atoms with van der Waals surface area (Å²) in [5.41, 5.74) is 2.37. The number of ether oxygens (including phenoxy) is 1. The highest BCUT2D eigenvalue weighted by atomic mass is 35.5. The van der Waals surface area contributed by atoms with E-state index in [1.54, 1.807) is 18.2 Å². The van der Waals surface area contributed by atoms with Gasteiger partial charge in [0, 0.05) is 27.5 Å². The van der Waals surface area contributed by atoms with Gasteiger partial charge in [-0.25, -0.2) is 4.98 Å². The molecule has 0 aliphatic carbocycles. The van der Waals surface area contributed by atoms with E-state index < -0.39 is 0 Å². The summed E-state index contributed by atoms with van der Waals surface area (Å²) in [6.07, 6.45) is 0. The Balaban J connectivity index is 1.86. The molecule has 5 nitrogen and oxygen atoms in total. The van der Waals surface area contributed by atoms with Gasteiger partial charge in [-0.2, -0.15) is 4.98 Å². The maximum Gasteiger partial charge on any atom is 0.229 e. The Bertz CT molecular complexity index is 898. The number of rotatable bonds is 6. The van der Waals surface area contributed by atoms with Gasteiger partial charge in [0.15, 0.2) is 0 Å². The highest BCUT2D eigenvalue weighted by molar-refractivity contribution is 6.35. The van der Waals surface area contributed by atoms with Gasteiger partial charge in [0.1, 0.15) is 11.6 Å². The van der Waals surface area contributed by atoms with Crippen molar-refractivity contribution >= 4 is 46.3 Å². The van der Waals surface area contributed by atoms with Crippen LogP contribution in [0.5, 0.6) is 5.75 Å². The Labute approximate surface area is 162 Å². The van der Waals surface area contributed by atoms with E-state index in [-0.39, 0.29) is 0 Å². The Hall–Kier alpha value is -2.50. The Morgan fingerprint density at radius 1 is 0.962 bits per heavy atom. The molecule has 0 saturated heterocycles. The number of halogens is 2. The summed E-state index contributed by atoms with van der Waals surface area (Å²) in [5.74, 6) is 1.84. The van der Waals surface area contributed by atoms with Crippen LogP contribution in [0.3, 0.4) is 0 Å². The first kappa shape index (κ1) is 18.3. The third kappa shape index (κ3) is 4.77. The third-order valence-electron chi connectivity index (χ3n) is 3.42. The van der Waals surface area contributed by atoms with Gasteiger partial charge in [0.2, 0.25) is 5.95 Å². The molecular formula is C19H18Cl2N4O. The zero-order chi connectivity index (χ0) is 18.5. The number of nitrogens with one attached hydrogen (secondary N) is 2. The molecule has 0 bridgehead atoms. The number of benzene rings is 2. The normalized spacial score (nSPS) is 10.5. The summed E-state index contributed by atoms with van der Waals surface area (Å²) in [7, 11) is 0. The summed E-state index contributed by atoms with van der Waals surface area (Å²) in [4.78, 5) is 8.95. The second kappa shape index (κ2) is 8.25. The minimum atomic E-state index is 0.466. The van der Waals surface area contributed by atoms with Crippen LogP contribution in [-0.4, -0.2) is 16.6 Å². The van der Waals surface area contributed by atoms with E-state index in [1.807, 2.05) is 44.2 Å². The minimum Gasteiger partial charge on any atom is -0.492 e. The molecule has 3 rings (SSSR count). The second-order valence-electron chi connectivity index (χ2n) is 5.56. The zero-order valence-corrected chi connectivity index (χ0v) is 15.9. The molecule has 26 heavy (non-hydrogen) atoms. The van der Waals surface area contributed by atoms with Gasteiger partial charge in [-0.15, -0.1) is 0 Å². The lowest BCUT2D eigenvalue weighted by molar-refractivity contribution is 0.342. The second-order valence-corrected chi connectivity index (χ2v) is 6.43. The van der Waals surface area contributed by atoms with Gasteiger partial charge < -0.3 is 15.4 Å². The molecule has 0 saturated carbocycles. The van der Waals surface area contributed by atoms with Crippen molar-refractivity contribution in [3.05, 3.63) is 64.3 Å². The number of hydrogen-bond donors (Lipinski definition) is 2. The van der Waals surface area contributed by atoms with Crippen molar-refractivity contribution in [3.63, 3.8) is 0 Å². The summed E-state index contributed by atoms with van der Waals surface area (Å²) in [6.45, 7) is 4.42. The first-order chi connectivity index (χ1) is 12.5. The summed E-state index contributed by atoms with van der Waals surface area (Å²) >= 11 is 12.1. The lowest BCUT2D eigenvalue weighted by Crippen LogP contribution is -2.04. The van der Waals surface area contributed by atoms with Crippen molar-refractivity contribution in [2.75, 3.05) is 17.2 Å². The number of nitrogens with zero attached hydrogens (tertiary/aromatic N) is 2. The van der Waals surface area contributed by atoms with Gasteiger partial charge in [0.25, 0.3) is 0 Å². The molecule has 0 fully saturated rings. The van der Waals surface area contributed by atoms with Gasteiger partial charge in [-0.1, -0.05) is 35.3 Å². The summed E-state index contributed by atoms with van der Waals surface area (Å²) in [5, 5.41) is 7.51. The molecule has 1 aromatic heterocycles. The maximum absolute atomic E-state index is 6.05. The lowest BCUT2D eigenvalue weighted by Gasteiger charge is -2.13. The lowest BCUT2D eigenvalue weighted by atomic mass is 10.3. The van der Waals surface area contributed by atoms with Crippen LogP contribution in [0, 0.1) is 6.92 Å². The molecule has 1 heterocycles. The van der Waals surface area contributed by atoms with Crippen molar-refractivity contribution in [1.29, 1.82) is 0 Å². The monoisotopic (exact) mass is 388 g/mol. The minimum absolute atomic E-state index is 0.466. The molecular weight excluding hydrogens is 371 g/mol. The van der Waals surface area contributed by atoms with E-state index >= 15 is 0 Å². The highest BCUT2D eigenvalue weighted by Crippen LogP contribution is 2.28. The predicted octanol–water partition coefficient (Wildman–Crippen LogP) is 5.98. The van der Waals surface area contributed by atoms with Crippen LogP contribution in [0.1, 0.15) is 12.6 Å². The molecule has 0 aliphatic rings. The largest absolute Gasteiger partial charge is 0.492 e. The van der Waals surface area contributed by atoms with Crippen molar-refractivity contribution < 1.29 is 4.74 Å². The van der Waals surface area contributed by atoms with Gasteiger partial charge in [-0.3, -0.25) is 0 Å². The van der Waals surface area contributed by atoms with Crippen LogP contribution in [0.25, 0.3) is 0 Å². The number of para-hydroxylation sites is 2. The standard InChI is InChI=1S/C19H18Cl2N4O/c1-3-26-17-7-5-4-6-16(17)24-19-22-12(2)8-18(25-19)23-15-10-13(20)9-14(21)11-15/h4-11H,3H2,1-2H3,(H2,22,23,24,25). The molecule has 0 unspecified atom stereocenters. The average Bonchev–Trinajstić information content (AvgIpc) is 2.55. The van der Waals surface area contributed by atoms with E-state index in [4.69, 9.17) is 27.9 Å². The Morgan fingerprint density at radius 3 is 2.42 bits per heavy atom. The Kier molecular flexibility index (Phi) is 5.81. The van der Waals surface area contributed by atoms with Crippen molar-refractivity contribution in [3.8, 4) is 5.75 Å². The van der Waals surface area contributed by atoms with Crippen molar-refractivity contribution in [2.24, 2.45) is 0 Å². The topological polar surface area (TPSA) is 59.1 Å². The van der Waals surface area contributed by atoms with E-state index in [2.05, 4.69) is 20.6 Å². The molecule has 0 radical (unpaired) electrons. The number of aryl methyl sites for hydroxylation is 1. The molecule has 7 heteroatoms. The molecule has 2 N–H and O–H groups in total. The molecule has 0 spiro atoms. The summed E-state index contributed by atoms with van der Waals surface area (Å²) < 4.78 is 5.63. The smallest absolute Gasteiger partial charge is 0.229 e. The molecule has 2 aromatic carbocycles. The van der Waals surface area contributed by atoms with Gasteiger partial charge in [0.05, 0.1) is 12.3 Å². The van der Waals surface area contributed by atoms with E-state index in [0.29, 0.717) is 28.4 Å². The number of aromatic nitrogens is 2. The predicted molar refractivity (Wildman–Crippen MR) is 107 cm³/mol. The number of anilines is 4. The van der Waals surface area contributed by atoms with Crippen LogP contribution < -0.4 is 15.4 Å².